The Hall–Kier alpha value is -2.89. The van der Waals surface area contributed by atoms with Gasteiger partial charge in [-0.15, -0.1) is 0 Å². The van der Waals surface area contributed by atoms with Gasteiger partial charge in [0.25, 0.3) is 0 Å². The van der Waals surface area contributed by atoms with Gasteiger partial charge in [0.2, 0.25) is 5.78 Å². The largest absolute Gasteiger partial charge is 0.462 e. The summed E-state index contributed by atoms with van der Waals surface area (Å²) in [6.07, 6.45) is -0.761. The van der Waals surface area contributed by atoms with Crippen molar-refractivity contribution in [3.8, 4) is 5.75 Å². The van der Waals surface area contributed by atoms with Crippen LogP contribution in [0.3, 0.4) is 0 Å². The molecule has 4 nitrogen and oxygen atoms in total. The van der Waals surface area contributed by atoms with E-state index < -0.39 is 12.7 Å². The SMILES string of the molecule is CNC1=C(c2cccc(OC(F)F)c2)C(=O)C(c2ccccc2)O1. The van der Waals surface area contributed by atoms with Gasteiger partial charge in [0.15, 0.2) is 12.0 Å². The van der Waals surface area contributed by atoms with Gasteiger partial charge >= 0.3 is 6.61 Å². The number of Topliss-reactive ketones (excluding diaryl/α,β-unsaturated/α-hetero) is 1. The number of hydrogen-bond donors (Lipinski definition) is 1. The molecule has 0 saturated carbocycles. The van der Waals surface area contributed by atoms with Crippen molar-refractivity contribution in [1.29, 1.82) is 0 Å². The summed E-state index contributed by atoms with van der Waals surface area (Å²) in [5, 5.41) is 2.85. The van der Waals surface area contributed by atoms with Crippen molar-refractivity contribution < 1.29 is 23.0 Å². The fourth-order valence-electron chi connectivity index (χ4n) is 2.61. The highest BCUT2D eigenvalue weighted by atomic mass is 19.3. The van der Waals surface area contributed by atoms with Gasteiger partial charge in [-0.1, -0.05) is 42.5 Å². The quantitative estimate of drug-likeness (QED) is 0.911. The Morgan fingerprint density at radius 1 is 1.12 bits per heavy atom. The van der Waals surface area contributed by atoms with E-state index in [1.54, 1.807) is 31.3 Å². The molecule has 0 saturated heterocycles. The first kappa shape index (κ1) is 16.0. The number of hydrogen-bond acceptors (Lipinski definition) is 4. The van der Waals surface area contributed by atoms with E-state index in [1.807, 2.05) is 18.2 Å². The van der Waals surface area contributed by atoms with E-state index in [-0.39, 0.29) is 11.5 Å². The number of ketones is 1. The van der Waals surface area contributed by atoms with Gasteiger partial charge in [0.1, 0.15) is 5.75 Å². The molecule has 0 aromatic heterocycles. The third kappa shape index (κ3) is 3.08. The molecule has 2 aromatic carbocycles. The van der Waals surface area contributed by atoms with Gasteiger partial charge in [-0.3, -0.25) is 4.79 Å². The number of carbonyl (C=O) groups is 1. The lowest BCUT2D eigenvalue weighted by atomic mass is 9.97. The summed E-state index contributed by atoms with van der Waals surface area (Å²) in [5.74, 6) is 0.0595. The van der Waals surface area contributed by atoms with Crippen molar-refractivity contribution in [3.63, 3.8) is 0 Å². The van der Waals surface area contributed by atoms with Crippen molar-refractivity contribution in [2.45, 2.75) is 12.7 Å². The second-order valence-corrected chi connectivity index (χ2v) is 5.13. The highest BCUT2D eigenvalue weighted by Crippen LogP contribution is 2.37. The maximum absolute atomic E-state index is 12.8. The molecule has 0 amide bonds. The zero-order valence-corrected chi connectivity index (χ0v) is 12.8. The molecule has 1 atom stereocenters. The van der Waals surface area contributed by atoms with Crippen LogP contribution in [-0.4, -0.2) is 19.4 Å². The number of ether oxygens (including phenoxy) is 2. The van der Waals surface area contributed by atoms with Crippen molar-refractivity contribution in [3.05, 3.63) is 71.6 Å². The van der Waals surface area contributed by atoms with Gasteiger partial charge in [-0.05, 0) is 17.7 Å². The second kappa shape index (κ2) is 6.70. The first-order valence-corrected chi connectivity index (χ1v) is 7.33. The molecule has 1 N–H and O–H groups in total. The van der Waals surface area contributed by atoms with Gasteiger partial charge in [0.05, 0.1) is 5.57 Å². The fourth-order valence-corrected chi connectivity index (χ4v) is 2.61. The van der Waals surface area contributed by atoms with Crippen LogP contribution in [0.4, 0.5) is 8.78 Å². The van der Waals surface area contributed by atoms with Crippen LogP contribution in [-0.2, 0) is 9.53 Å². The van der Waals surface area contributed by atoms with Crippen molar-refractivity contribution >= 4 is 11.4 Å². The highest BCUT2D eigenvalue weighted by Gasteiger charge is 2.36. The van der Waals surface area contributed by atoms with E-state index in [9.17, 15) is 13.6 Å². The van der Waals surface area contributed by atoms with Gasteiger partial charge in [0, 0.05) is 12.6 Å². The molecule has 1 aliphatic heterocycles. The van der Waals surface area contributed by atoms with E-state index in [4.69, 9.17) is 4.74 Å². The Balaban J connectivity index is 1.95. The average molecular weight is 331 g/mol. The monoisotopic (exact) mass is 331 g/mol. The predicted molar refractivity (Wildman–Crippen MR) is 84.3 cm³/mol. The normalized spacial score (nSPS) is 17.2. The Kier molecular flexibility index (Phi) is 4.46. The predicted octanol–water partition coefficient (Wildman–Crippen LogP) is 3.52. The van der Waals surface area contributed by atoms with E-state index in [2.05, 4.69) is 10.1 Å². The molecule has 6 heteroatoms. The molecular weight excluding hydrogens is 316 g/mol. The number of carbonyl (C=O) groups excluding carboxylic acids is 1. The van der Waals surface area contributed by atoms with E-state index >= 15 is 0 Å². The molecule has 1 aliphatic rings. The molecule has 0 spiro atoms. The summed E-state index contributed by atoms with van der Waals surface area (Å²) in [7, 11) is 1.63. The summed E-state index contributed by atoms with van der Waals surface area (Å²) in [6.45, 7) is -2.93. The molecule has 124 valence electrons. The third-order valence-electron chi connectivity index (χ3n) is 3.62. The van der Waals surface area contributed by atoms with Crippen molar-refractivity contribution in [1.82, 2.24) is 5.32 Å². The summed E-state index contributed by atoms with van der Waals surface area (Å²) in [5.41, 5.74) is 1.50. The van der Waals surface area contributed by atoms with Gasteiger partial charge in [-0.2, -0.15) is 8.78 Å². The maximum Gasteiger partial charge on any atom is 0.387 e. The summed E-state index contributed by atoms with van der Waals surface area (Å²) in [6, 6.07) is 15.1. The Labute approximate surface area is 137 Å². The number of halogens is 2. The molecule has 2 aromatic rings. The molecule has 24 heavy (non-hydrogen) atoms. The summed E-state index contributed by atoms with van der Waals surface area (Å²) >= 11 is 0. The van der Waals surface area contributed by atoms with Crippen LogP contribution in [0.2, 0.25) is 0 Å². The van der Waals surface area contributed by atoms with Crippen LogP contribution >= 0.6 is 0 Å². The zero-order valence-electron chi connectivity index (χ0n) is 12.8. The summed E-state index contributed by atoms with van der Waals surface area (Å²) in [4.78, 5) is 12.8. The first-order valence-electron chi connectivity index (χ1n) is 7.33. The second-order valence-electron chi connectivity index (χ2n) is 5.13. The standard InChI is InChI=1S/C18H15F2NO3/c1-21-17-14(12-8-5-9-13(10-12)23-18(19)20)15(22)16(24-17)11-6-3-2-4-7-11/h2-10,16,18,21H,1H3. The Bertz CT molecular complexity index is 775. The molecule has 0 radical (unpaired) electrons. The Morgan fingerprint density at radius 2 is 1.88 bits per heavy atom. The highest BCUT2D eigenvalue weighted by molar-refractivity contribution is 6.25. The number of nitrogens with one attached hydrogen (secondary N) is 1. The number of alkyl halides is 2. The molecular formula is C18H15F2NO3. The van der Waals surface area contributed by atoms with Crippen molar-refractivity contribution in [2.75, 3.05) is 7.05 Å². The van der Waals surface area contributed by atoms with Crippen LogP contribution in [0.25, 0.3) is 5.57 Å². The van der Waals surface area contributed by atoms with Gasteiger partial charge in [-0.25, -0.2) is 0 Å². The van der Waals surface area contributed by atoms with Crippen molar-refractivity contribution in [2.24, 2.45) is 0 Å². The van der Waals surface area contributed by atoms with E-state index in [0.717, 1.165) is 5.56 Å². The fraction of sp³-hybridized carbons (Fsp3) is 0.167. The molecule has 0 aliphatic carbocycles. The molecule has 1 heterocycles. The number of benzene rings is 2. The third-order valence-corrected chi connectivity index (χ3v) is 3.62. The topological polar surface area (TPSA) is 47.6 Å². The van der Waals surface area contributed by atoms with Crippen LogP contribution < -0.4 is 10.1 Å². The van der Waals surface area contributed by atoms with Crippen LogP contribution in [0.1, 0.15) is 17.2 Å². The minimum atomic E-state index is -2.93. The first-order chi connectivity index (χ1) is 11.6. The number of rotatable bonds is 5. The Morgan fingerprint density at radius 3 is 2.54 bits per heavy atom. The molecule has 0 bridgehead atoms. The van der Waals surface area contributed by atoms with Gasteiger partial charge < -0.3 is 14.8 Å². The van der Waals surface area contributed by atoms with Crippen LogP contribution in [0, 0.1) is 0 Å². The minimum absolute atomic E-state index is 0.0126. The molecule has 0 fully saturated rings. The minimum Gasteiger partial charge on any atom is -0.462 e. The lowest BCUT2D eigenvalue weighted by Crippen LogP contribution is -2.10. The molecule has 1 unspecified atom stereocenters. The average Bonchev–Trinajstić information content (AvgIpc) is 2.92. The van der Waals surface area contributed by atoms with E-state index in [1.165, 1.54) is 12.1 Å². The lowest BCUT2D eigenvalue weighted by molar-refractivity contribution is -0.120. The lowest BCUT2D eigenvalue weighted by Gasteiger charge is -2.11. The summed E-state index contributed by atoms with van der Waals surface area (Å²) < 4.78 is 34.9. The van der Waals surface area contributed by atoms with Crippen LogP contribution in [0.15, 0.2) is 60.5 Å². The van der Waals surface area contributed by atoms with E-state index in [0.29, 0.717) is 17.0 Å². The maximum atomic E-state index is 12.8. The molecule has 3 rings (SSSR count). The zero-order chi connectivity index (χ0) is 17.1. The smallest absolute Gasteiger partial charge is 0.387 e. The van der Waals surface area contributed by atoms with Crippen LogP contribution in [0.5, 0.6) is 5.75 Å².